The van der Waals surface area contributed by atoms with Crippen LogP contribution in [0.1, 0.15) is 87.8 Å². The number of carbonyl (C=O) groups excluding carboxylic acids is 1. The third-order valence-corrected chi connectivity index (χ3v) is 6.08. The molecule has 6 heteroatoms. The molecule has 3 heterocycles. The van der Waals surface area contributed by atoms with Gasteiger partial charge in [-0.15, -0.1) is 0 Å². The summed E-state index contributed by atoms with van der Waals surface area (Å²) < 4.78 is 1.98. The number of urea groups is 1. The van der Waals surface area contributed by atoms with Gasteiger partial charge in [-0.2, -0.15) is 5.10 Å². The predicted octanol–water partition coefficient (Wildman–Crippen LogP) is 4.30. The topological polar surface area (TPSA) is 63.1 Å². The summed E-state index contributed by atoms with van der Waals surface area (Å²) >= 11 is 0. The number of benzene rings is 1. The van der Waals surface area contributed by atoms with Crippen LogP contribution in [-0.4, -0.2) is 32.2 Å². The molecular weight excluding hydrogens is 362 g/mol. The second kappa shape index (κ2) is 7.47. The van der Waals surface area contributed by atoms with Gasteiger partial charge in [-0.05, 0) is 41.4 Å². The highest BCUT2D eigenvalue weighted by atomic mass is 16.2. The summed E-state index contributed by atoms with van der Waals surface area (Å²) in [5.74, 6) is 2.06. The largest absolute Gasteiger partial charge is 0.328 e. The molecular formula is C23H33N5O. The van der Waals surface area contributed by atoms with E-state index in [1.54, 1.807) is 0 Å². The van der Waals surface area contributed by atoms with Gasteiger partial charge in [0.1, 0.15) is 5.82 Å². The molecule has 2 aliphatic heterocycles. The molecule has 1 N–H and O–H groups in total. The van der Waals surface area contributed by atoms with E-state index in [9.17, 15) is 4.79 Å². The van der Waals surface area contributed by atoms with Crippen LogP contribution in [0.3, 0.4) is 0 Å². The first kappa shape index (κ1) is 19.9. The zero-order valence-electron chi connectivity index (χ0n) is 18.3. The number of carbonyl (C=O) groups is 1. The number of nitrogens with one attached hydrogen (secondary N) is 1. The van der Waals surface area contributed by atoms with Crippen molar-refractivity contribution in [3.8, 4) is 0 Å². The lowest BCUT2D eigenvalue weighted by Crippen LogP contribution is -2.45. The summed E-state index contributed by atoms with van der Waals surface area (Å²) in [4.78, 5) is 19.7. The molecule has 0 saturated heterocycles. The molecule has 0 fully saturated rings. The summed E-state index contributed by atoms with van der Waals surface area (Å²) in [5.41, 5.74) is 4.06. The predicted molar refractivity (Wildman–Crippen MR) is 114 cm³/mol. The average molecular weight is 396 g/mol. The van der Waals surface area contributed by atoms with Gasteiger partial charge in [-0.3, -0.25) is 0 Å². The Morgan fingerprint density at radius 1 is 1.21 bits per heavy atom. The lowest BCUT2D eigenvalue weighted by Gasteiger charge is -2.32. The van der Waals surface area contributed by atoms with Gasteiger partial charge in [0, 0.05) is 25.6 Å². The van der Waals surface area contributed by atoms with Gasteiger partial charge in [0.2, 0.25) is 0 Å². The number of rotatable bonds is 2. The van der Waals surface area contributed by atoms with Crippen LogP contribution in [0.5, 0.6) is 0 Å². The lowest BCUT2D eigenvalue weighted by molar-refractivity contribution is 0.184. The zero-order valence-corrected chi connectivity index (χ0v) is 18.3. The van der Waals surface area contributed by atoms with Crippen LogP contribution in [0, 0.1) is 0 Å². The van der Waals surface area contributed by atoms with E-state index < -0.39 is 0 Å². The third kappa shape index (κ3) is 4.02. The number of aromatic nitrogens is 3. The van der Waals surface area contributed by atoms with Crippen molar-refractivity contribution in [2.24, 2.45) is 0 Å². The number of fused-ring (bicyclic) bond motifs is 2. The van der Waals surface area contributed by atoms with Gasteiger partial charge in [0.05, 0.1) is 6.04 Å². The minimum Gasteiger partial charge on any atom is -0.328 e. The zero-order chi connectivity index (χ0) is 20.8. The molecule has 2 aromatic rings. The highest BCUT2D eigenvalue weighted by Crippen LogP contribution is 2.29. The van der Waals surface area contributed by atoms with Gasteiger partial charge >= 0.3 is 6.03 Å². The summed E-state index contributed by atoms with van der Waals surface area (Å²) in [6, 6.07) is 6.70. The maximum Gasteiger partial charge on any atom is 0.318 e. The molecule has 1 atom stereocenters. The molecule has 0 radical (unpaired) electrons. The van der Waals surface area contributed by atoms with E-state index in [1.807, 2.05) is 9.58 Å². The van der Waals surface area contributed by atoms with E-state index in [4.69, 9.17) is 4.98 Å². The van der Waals surface area contributed by atoms with Crippen molar-refractivity contribution in [2.75, 3.05) is 6.54 Å². The summed E-state index contributed by atoms with van der Waals surface area (Å²) in [5, 5.41) is 7.86. The van der Waals surface area contributed by atoms with Crippen LogP contribution in [-0.2, 0) is 24.9 Å². The number of hydrogen-bond donors (Lipinski definition) is 1. The standard InChI is InChI=1S/C23H33N5O/c1-15(2)20-25-21-19(7-6-11-28(21)26-20)24-22(29)27-12-10-16-8-9-18(23(3,4)5)13-17(16)14-27/h8-9,13,15,19H,6-7,10-12,14H2,1-5H3,(H,24,29). The highest BCUT2D eigenvalue weighted by Gasteiger charge is 2.29. The van der Waals surface area contributed by atoms with Crippen molar-refractivity contribution >= 4 is 6.03 Å². The molecule has 0 bridgehead atoms. The Kier molecular flexibility index (Phi) is 5.13. The van der Waals surface area contributed by atoms with Crippen LogP contribution in [0.15, 0.2) is 18.2 Å². The quantitative estimate of drug-likeness (QED) is 0.824. The minimum absolute atomic E-state index is 0.00404. The lowest BCUT2D eigenvalue weighted by atomic mass is 9.84. The smallest absolute Gasteiger partial charge is 0.318 e. The first-order chi connectivity index (χ1) is 13.7. The normalized spacial score (nSPS) is 19.1. The van der Waals surface area contributed by atoms with Gasteiger partial charge in [-0.1, -0.05) is 52.8 Å². The van der Waals surface area contributed by atoms with Crippen molar-refractivity contribution in [2.45, 2.75) is 84.3 Å². The van der Waals surface area contributed by atoms with Crippen molar-refractivity contribution in [1.29, 1.82) is 0 Å². The Hall–Kier alpha value is -2.37. The van der Waals surface area contributed by atoms with Gasteiger partial charge < -0.3 is 10.2 Å². The molecule has 4 rings (SSSR count). The fourth-order valence-electron chi connectivity index (χ4n) is 4.19. The van der Waals surface area contributed by atoms with Crippen LogP contribution in [0.2, 0.25) is 0 Å². The Morgan fingerprint density at radius 2 is 2.00 bits per heavy atom. The Morgan fingerprint density at radius 3 is 2.72 bits per heavy atom. The van der Waals surface area contributed by atoms with Gasteiger partial charge in [0.15, 0.2) is 5.82 Å². The van der Waals surface area contributed by atoms with Crippen LogP contribution in [0.25, 0.3) is 0 Å². The molecule has 6 nitrogen and oxygen atoms in total. The highest BCUT2D eigenvalue weighted by molar-refractivity contribution is 5.75. The van der Waals surface area contributed by atoms with Crippen molar-refractivity contribution < 1.29 is 4.79 Å². The second-order valence-corrected chi connectivity index (χ2v) is 9.76. The van der Waals surface area contributed by atoms with E-state index in [1.165, 1.54) is 16.7 Å². The molecule has 2 aliphatic rings. The van der Waals surface area contributed by atoms with E-state index in [0.29, 0.717) is 12.5 Å². The average Bonchev–Trinajstić information content (AvgIpc) is 3.12. The van der Waals surface area contributed by atoms with E-state index >= 15 is 0 Å². The van der Waals surface area contributed by atoms with Crippen LogP contribution >= 0.6 is 0 Å². The maximum absolute atomic E-state index is 13.1. The monoisotopic (exact) mass is 395 g/mol. The van der Waals surface area contributed by atoms with Gasteiger partial charge in [0.25, 0.3) is 0 Å². The molecule has 0 saturated carbocycles. The number of hydrogen-bond acceptors (Lipinski definition) is 3. The van der Waals surface area contributed by atoms with E-state index in [-0.39, 0.29) is 17.5 Å². The van der Waals surface area contributed by atoms with E-state index in [0.717, 1.165) is 44.0 Å². The third-order valence-electron chi connectivity index (χ3n) is 6.08. The molecule has 29 heavy (non-hydrogen) atoms. The first-order valence-corrected chi connectivity index (χ1v) is 10.8. The molecule has 0 aliphatic carbocycles. The van der Waals surface area contributed by atoms with Gasteiger partial charge in [-0.25, -0.2) is 14.5 Å². The Bertz CT molecular complexity index is 908. The van der Waals surface area contributed by atoms with Crippen molar-refractivity contribution in [3.63, 3.8) is 0 Å². The summed E-state index contributed by atoms with van der Waals surface area (Å²) in [6.45, 7) is 13.2. The van der Waals surface area contributed by atoms with Crippen LogP contribution in [0.4, 0.5) is 4.79 Å². The SMILES string of the molecule is CC(C)c1nc2n(n1)CCCC2NC(=O)N1CCc2ccc(C(C)(C)C)cc2C1. The minimum atomic E-state index is -0.0569. The molecule has 0 spiro atoms. The maximum atomic E-state index is 13.1. The number of aryl methyl sites for hydroxylation is 1. The Labute approximate surface area is 173 Å². The summed E-state index contributed by atoms with van der Waals surface area (Å²) in [6.07, 6.45) is 2.84. The molecule has 1 unspecified atom stereocenters. The van der Waals surface area contributed by atoms with Crippen molar-refractivity contribution in [3.05, 3.63) is 46.5 Å². The molecule has 156 valence electrons. The Balaban J connectivity index is 1.48. The number of amides is 2. The number of nitrogens with zero attached hydrogens (tertiary/aromatic N) is 4. The van der Waals surface area contributed by atoms with Crippen LogP contribution < -0.4 is 5.32 Å². The van der Waals surface area contributed by atoms with Crippen molar-refractivity contribution in [1.82, 2.24) is 25.0 Å². The molecule has 1 aromatic carbocycles. The van der Waals surface area contributed by atoms with E-state index in [2.05, 4.69) is 63.2 Å². The molecule has 1 aromatic heterocycles. The fraction of sp³-hybridized carbons (Fsp3) is 0.609. The second-order valence-electron chi connectivity index (χ2n) is 9.76. The first-order valence-electron chi connectivity index (χ1n) is 10.8. The fourth-order valence-corrected chi connectivity index (χ4v) is 4.19. The summed E-state index contributed by atoms with van der Waals surface area (Å²) in [7, 11) is 0. The molecule has 2 amide bonds.